The van der Waals surface area contributed by atoms with Crippen molar-refractivity contribution < 1.29 is 27.5 Å². The second-order valence-electron chi connectivity index (χ2n) is 10.8. The Kier molecular flexibility index (Phi) is 7.96. The molecule has 0 radical (unpaired) electrons. The van der Waals surface area contributed by atoms with E-state index in [1.807, 2.05) is 47.4 Å². The van der Waals surface area contributed by atoms with Gasteiger partial charge in [0.15, 0.2) is 0 Å². The molecule has 0 saturated carbocycles. The van der Waals surface area contributed by atoms with Gasteiger partial charge >= 0.3 is 0 Å². The van der Waals surface area contributed by atoms with Crippen molar-refractivity contribution in [1.82, 2.24) is 15.2 Å². The van der Waals surface area contributed by atoms with Gasteiger partial charge in [-0.15, -0.1) is 0 Å². The molecule has 4 aromatic rings. The van der Waals surface area contributed by atoms with Crippen molar-refractivity contribution in [3.8, 4) is 17.2 Å². The van der Waals surface area contributed by atoms with Gasteiger partial charge in [0.2, 0.25) is 10.0 Å². The Bertz CT molecular complexity index is 1830. The van der Waals surface area contributed by atoms with Gasteiger partial charge in [-0.05, 0) is 84.1 Å². The summed E-state index contributed by atoms with van der Waals surface area (Å²) >= 11 is 0. The zero-order valence-electron chi connectivity index (χ0n) is 24.4. The number of pyridine rings is 1. The number of ether oxygens (including phenoxy) is 2. The van der Waals surface area contributed by atoms with Crippen molar-refractivity contribution in [3.63, 3.8) is 0 Å². The number of hydrogen-bond acceptors (Lipinski definition) is 7. The van der Waals surface area contributed by atoms with E-state index in [0.717, 1.165) is 22.9 Å². The minimum atomic E-state index is -3.43. The molecule has 0 spiro atoms. The maximum absolute atomic E-state index is 14.0. The molecule has 3 aliphatic rings. The minimum Gasteiger partial charge on any atom is -0.494 e. The Hall–Kier alpha value is -4.90. The van der Waals surface area contributed by atoms with Gasteiger partial charge in [-0.3, -0.25) is 18.9 Å². The summed E-state index contributed by atoms with van der Waals surface area (Å²) in [5.74, 6) is 1.32. The summed E-state index contributed by atoms with van der Waals surface area (Å²) in [6, 6.07) is 21.4. The lowest BCUT2D eigenvalue weighted by atomic mass is 9.87. The van der Waals surface area contributed by atoms with Crippen LogP contribution in [0.3, 0.4) is 0 Å². The van der Waals surface area contributed by atoms with Crippen LogP contribution in [0.2, 0.25) is 0 Å². The van der Waals surface area contributed by atoms with Crippen molar-refractivity contribution in [2.45, 2.75) is 18.9 Å². The molecule has 7 rings (SSSR count). The predicted molar refractivity (Wildman–Crippen MR) is 166 cm³/mol. The first-order valence-electron chi connectivity index (χ1n) is 14.3. The van der Waals surface area contributed by atoms with Crippen LogP contribution >= 0.6 is 0 Å². The van der Waals surface area contributed by atoms with Crippen molar-refractivity contribution in [1.29, 1.82) is 0 Å². The zero-order valence-corrected chi connectivity index (χ0v) is 25.2. The van der Waals surface area contributed by atoms with Crippen LogP contribution in [0.4, 0.5) is 5.69 Å². The van der Waals surface area contributed by atoms with Crippen LogP contribution in [0.15, 0.2) is 85.2 Å². The summed E-state index contributed by atoms with van der Waals surface area (Å²) < 4.78 is 37.3. The van der Waals surface area contributed by atoms with E-state index in [1.54, 1.807) is 36.5 Å². The quantitative estimate of drug-likeness (QED) is 0.360. The lowest BCUT2D eigenvalue weighted by molar-refractivity contribution is 0.0694. The number of hydrogen-bond donors (Lipinski definition) is 1. The lowest BCUT2D eigenvalue weighted by Crippen LogP contribution is -2.40. The smallest absolute Gasteiger partial charge is 0.254 e. The maximum atomic E-state index is 14.0. The van der Waals surface area contributed by atoms with Crippen LogP contribution in [0.1, 0.15) is 49.9 Å². The number of carbonyl (C=O) groups excluding carboxylic acids is 2. The second kappa shape index (κ2) is 12.0. The average molecular weight is 613 g/mol. The number of aromatic nitrogens is 1. The summed E-state index contributed by atoms with van der Waals surface area (Å²) in [7, 11) is -1.95. The van der Waals surface area contributed by atoms with E-state index < -0.39 is 16.1 Å². The third kappa shape index (κ3) is 6.09. The van der Waals surface area contributed by atoms with Gasteiger partial charge in [0.25, 0.3) is 11.8 Å². The molecule has 0 saturated heterocycles. The molecule has 3 aliphatic heterocycles. The summed E-state index contributed by atoms with van der Waals surface area (Å²) in [6.07, 6.45) is 5.40. The number of anilines is 1. The molecule has 11 heteroatoms. The van der Waals surface area contributed by atoms with Gasteiger partial charge in [0, 0.05) is 31.9 Å². The maximum Gasteiger partial charge on any atom is 0.254 e. The summed E-state index contributed by atoms with van der Waals surface area (Å²) in [5.41, 5.74) is 4.23. The third-order valence-electron chi connectivity index (χ3n) is 7.84. The fraction of sp³-hybridized carbons (Fsp3) is 0.242. The van der Waals surface area contributed by atoms with E-state index in [0.29, 0.717) is 66.6 Å². The normalized spacial score (nSPS) is 16.5. The molecule has 1 N–H and O–H groups in total. The molecule has 10 nitrogen and oxygen atoms in total. The van der Waals surface area contributed by atoms with Crippen LogP contribution in [0.5, 0.6) is 17.2 Å². The number of benzene rings is 3. The fourth-order valence-electron chi connectivity index (χ4n) is 5.49. The van der Waals surface area contributed by atoms with E-state index in [4.69, 9.17) is 9.47 Å². The number of amides is 2. The fourth-order valence-corrected chi connectivity index (χ4v) is 6.00. The van der Waals surface area contributed by atoms with E-state index in [1.165, 1.54) is 17.5 Å². The first-order chi connectivity index (χ1) is 21.2. The van der Waals surface area contributed by atoms with E-state index in [2.05, 4.69) is 10.3 Å². The molecular formula is C33H32N4O6S. The Morgan fingerprint density at radius 2 is 1.82 bits per heavy atom. The van der Waals surface area contributed by atoms with Crippen molar-refractivity contribution >= 4 is 27.5 Å². The Labute approximate surface area is 256 Å². The van der Waals surface area contributed by atoms with Gasteiger partial charge in [0.05, 0.1) is 36.4 Å². The monoisotopic (exact) mass is 612 g/mol. The third-order valence-corrected chi connectivity index (χ3v) is 9.04. The highest BCUT2D eigenvalue weighted by Crippen LogP contribution is 2.39. The molecular weight excluding hydrogens is 580 g/mol. The molecule has 0 aliphatic carbocycles. The molecule has 8 bridgehead atoms. The summed E-state index contributed by atoms with van der Waals surface area (Å²) in [4.78, 5) is 32.7. The Morgan fingerprint density at radius 1 is 1.00 bits per heavy atom. The van der Waals surface area contributed by atoms with Gasteiger partial charge < -0.3 is 19.7 Å². The Balaban J connectivity index is 1.38. The highest BCUT2D eigenvalue weighted by atomic mass is 32.2. The molecule has 2 amide bonds. The average Bonchev–Trinajstić information content (AvgIpc) is 3.02. The molecule has 1 aromatic heterocycles. The number of sulfonamides is 1. The molecule has 226 valence electrons. The Morgan fingerprint density at radius 3 is 2.61 bits per heavy atom. The van der Waals surface area contributed by atoms with E-state index in [-0.39, 0.29) is 11.8 Å². The van der Waals surface area contributed by atoms with Crippen molar-refractivity contribution in [2.24, 2.45) is 0 Å². The number of rotatable bonds is 3. The highest BCUT2D eigenvalue weighted by Gasteiger charge is 2.33. The first kappa shape index (κ1) is 29.2. The number of nitrogens with one attached hydrogen (secondary N) is 1. The molecule has 1 unspecified atom stereocenters. The summed E-state index contributed by atoms with van der Waals surface area (Å²) in [6.45, 7) is 1.28. The molecule has 44 heavy (non-hydrogen) atoms. The summed E-state index contributed by atoms with van der Waals surface area (Å²) in [5, 5.41) is 2.89. The molecule has 1 atom stereocenters. The van der Waals surface area contributed by atoms with Gasteiger partial charge in [-0.2, -0.15) is 0 Å². The topological polar surface area (TPSA) is 118 Å². The standard InChI is InChI=1S/C33H32N4O6S/c1-36(44(2,40)41)26-9-7-22(8-10-26)33(39)37-15-13-23-17-28-11-12-30(23)31(37)24-5-3-6-27(18-24)42-16-4-14-35-32(38)25-19-29(43-28)21-34-20-25/h3,5-12,17-21,31H,4,13-16H2,1-2H3,(H,35,38). The first-order valence-corrected chi connectivity index (χ1v) is 16.1. The number of nitrogens with zero attached hydrogens (tertiary/aromatic N) is 3. The van der Waals surface area contributed by atoms with Crippen molar-refractivity contribution in [2.75, 3.05) is 37.3 Å². The SMILES string of the molecule is CN(c1ccc(C(=O)N2CCc3cc4ccc3C2c2cccc(c2)OCCCNC(=O)c2cncc(c2)O4)cc1)S(C)(=O)=O. The van der Waals surface area contributed by atoms with E-state index in [9.17, 15) is 18.0 Å². The zero-order chi connectivity index (χ0) is 30.8. The van der Waals surface area contributed by atoms with Crippen LogP contribution in [0, 0.1) is 0 Å². The second-order valence-corrected chi connectivity index (χ2v) is 12.8. The van der Waals surface area contributed by atoms with Gasteiger partial charge in [-0.25, -0.2) is 8.42 Å². The van der Waals surface area contributed by atoms with Crippen LogP contribution in [-0.2, 0) is 16.4 Å². The molecule has 0 fully saturated rings. The van der Waals surface area contributed by atoms with Crippen LogP contribution < -0.4 is 19.1 Å². The molecule has 3 aromatic carbocycles. The van der Waals surface area contributed by atoms with Gasteiger partial charge in [-0.1, -0.05) is 18.2 Å². The van der Waals surface area contributed by atoms with Gasteiger partial charge in [0.1, 0.15) is 17.2 Å². The molecule has 4 heterocycles. The largest absolute Gasteiger partial charge is 0.494 e. The van der Waals surface area contributed by atoms with E-state index >= 15 is 0 Å². The minimum absolute atomic E-state index is 0.165. The highest BCUT2D eigenvalue weighted by molar-refractivity contribution is 7.92. The number of carbonyl (C=O) groups is 2. The predicted octanol–water partition coefficient (Wildman–Crippen LogP) is 4.57. The van der Waals surface area contributed by atoms with Crippen molar-refractivity contribution in [3.05, 3.63) is 113 Å². The van der Waals surface area contributed by atoms with Crippen LogP contribution in [0.25, 0.3) is 0 Å². The number of fused-ring (bicyclic) bond motifs is 6. The van der Waals surface area contributed by atoms with Crippen LogP contribution in [-0.4, -0.2) is 63.1 Å². The lowest BCUT2D eigenvalue weighted by Gasteiger charge is -2.38.